The summed E-state index contributed by atoms with van der Waals surface area (Å²) < 4.78 is 13.1. The summed E-state index contributed by atoms with van der Waals surface area (Å²) in [5.41, 5.74) is 5.78. The number of rotatable bonds is 4. The van der Waals surface area contributed by atoms with Crippen molar-refractivity contribution in [1.82, 2.24) is 0 Å². The molecular formula is C11H15FN2O2. The Kier molecular flexibility index (Phi) is 3.59. The number of halogens is 1. The van der Waals surface area contributed by atoms with Crippen LogP contribution in [0.25, 0.3) is 0 Å². The van der Waals surface area contributed by atoms with Gasteiger partial charge in [0.1, 0.15) is 5.82 Å². The van der Waals surface area contributed by atoms with E-state index in [1.54, 1.807) is 0 Å². The molecule has 0 aliphatic carbocycles. The molecule has 0 saturated heterocycles. The van der Waals surface area contributed by atoms with Gasteiger partial charge in [0.25, 0.3) is 5.69 Å². The molecule has 5 heteroatoms. The zero-order valence-corrected chi connectivity index (χ0v) is 9.37. The minimum Gasteiger partial charge on any atom is -0.325 e. The molecule has 1 rings (SSSR count). The van der Waals surface area contributed by atoms with Gasteiger partial charge in [-0.05, 0) is 31.4 Å². The predicted octanol–water partition coefficient (Wildman–Crippen LogP) is 2.40. The Hall–Kier alpha value is -1.49. The van der Waals surface area contributed by atoms with E-state index in [9.17, 15) is 14.5 Å². The third-order valence-electron chi connectivity index (χ3n) is 2.57. The summed E-state index contributed by atoms with van der Waals surface area (Å²) in [6, 6.07) is 3.56. The summed E-state index contributed by atoms with van der Waals surface area (Å²) in [6.45, 7) is 3.76. The molecule has 0 amide bonds. The Morgan fingerprint density at radius 1 is 1.50 bits per heavy atom. The van der Waals surface area contributed by atoms with Gasteiger partial charge in [-0.15, -0.1) is 0 Å². The van der Waals surface area contributed by atoms with Gasteiger partial charge in [-0.1, -0.05) is 6.92 Å². The van der Waals surface area contributed by atoms with E-state index >= 15 is 0 Å². The van der Waals surface area contributed by atoms with E-state index in [0.717, 1.165) is 12.5 Å². The van der Waals surface area contributed by atoms with Crippen molar-refractivity contribution in [2.24, 2.45) is 5.73 Å². The number of hydrogen-bond donors (Lipinski definition) is 1. The van der Waals surface area contributed by atoms with Crippen LogP contribution < -0.4 is 5.73 Å². The highest BCUT2D eigenvalue weighted by molar-refractivity contribution is 5.35. The van der Waals surface area contributed by atoms with Crippen LogP contribution in [0.15, 0.2) is 18.2 Å². The van der Waals surface area contributed by atoms with Crippen molar-refractivity contribution in [3.63, 3.8) is 0 Å². The molecule has 16 heavy (non-hydrogen) atoms. The molecule has 1 atom stereocenters. The number of nitrogens with zero attached hydrogens (tertiary/aromatic N) is 1. The van der Waals surface area contributed by atoms with Gasteiger partial charge < -0.3 is 5.73 Å². The molecule has 1 aromatic carbocycles. The van der Waals surface area contributed by atoms with Crippen LogP contribution >= 0.6 is 0 Å². The van der Waals surface area contributed by atoms with Gasteiger partial charge >= 0.3 is 0 Å². The molecule has 0 radical (unpaired) electrons. The molecule has 0 heterocycles. The highest BCUT2D eigenvalue weighted by Gasteiger charge is 2.18. The minimum atomic E-state index is -0.605. The van der Waals surface area contributed by atoms with Crippen LogP contribution in [0.3, 0.4) is 0 Å². The van der Waals surface area contributed by atoms with Crippen molar-refractivity contribution in [2.45, 2.75) is 32.2 Å². The fraction of sp³-hybridized carbons (Fsp3) is 0.455. The third-order valence-corrected chi connectivity index (χ3v) is 2.57. The zero-order valence-electron chi connectivity index (χ0n) is 9.37. The first kappa shape index (κ1) is 12.6. The number of nitro groups is 1. The van der Waals surface area contributed by atoms with E-state index in [1.807, 2.05) is 13.8 Å². The quantitative estimate of drug-likeness (QED) is 0.633. The fourth-order valence-corrected chi connectivity index (χ4v) is 1.43. The molecule has 0 saturated carbocycles. The second-order valence-electron chi connectivity index (χ2n) is 4.26. The van der Waals surface area contributed by atoms with Gasteiger partial charge in [0, 0.05) is 11.6 Å². The van der Waals surface area contributed by atoms with Crippen molar-refractivity contribution in [1.29, 1.82) is 0 Å². The molecule has 0 fully saturated rings. The zero-order chi connectivity index (χ0) is 12.3. The molecule has 0 aromatic heterocycles. The molecule has 1 aromatic rings. The Morgan fingerprint density at radius 3 is 2.62 bits per heavy atom. The van der Waals surface area contributed by atoms with E-state index in [0.29, 0.717) is 12.0 Å². The van der Waals surface area contributed by atoms with Crippen LogP contribution in [0.5, 0.6) is 0 Å². The van der Waals surface area contributed by atoms with Crippen LogP contribution in [-0.2, 0) is 6.42 Å². The van der Waals surface area contributed by atoms with Crippen LogP contribution in [-0.4, -0.2) is 10.5 Å². The van der Waals surface area contributed by atoms with Crippen molar-refractivity contribution in [3.05, 3.63) is 39.7 Å². The van der Waals surface area contributed by atoms with Gasteiger partial charge in [0.2, 0.25) is 0 Å². The summed E-state index contributed by atoms with van der Waals surface area (Å²) in [5.74, 6) is -0.601. The van der Waals surface area contributed by atoms with E-state index < -0.39 is 16.3 Å². The van der Waals surface area contributed by atoms with Crippen LogP contribution in [0.1, 0.15) is 25.8 Å². The standard InChI is InChI=1S/C11H15FN2O2/c1-3-11(2,13)7-8-4-9(12)6-10(5-8)14(15)16/h4-6H,3,7,13H2,1-2H3. The molecular weight excluding hydrogens is 211 g/mol. The second kappa shape index (κ2) is 4.57. The van der Waals surface area contributed by atoms with Gasteiger partial charge in [-0.2, -0.15) is 0 Å². The lowest BCUT2D eigenvalue weighted by atomic mass is 9.91. The summed E-state index contributed by atoms with van der Waals surface area (Å²) in [7, 11) is 0. The normalized spacial score (nSPS) is 14.5. The molecule has 1 unspecified atom stereocenters. The molecule has 0 aliphatic rings. The topological polar surface area (TPSA) is 69.2 Å². The maximum absolute atomic E-state index is 13.1. The highest BCUT2D eigenvalue weighted by atomic mass is 19.1. The average molecular weight is 226 g/mol. The summed E-state index contributed by atoms with van der Waals surface area (Å²) in [6.07, 6.45) is 1.14. The molecule has 0 aliphatic heterocycles. The number of benzene rings is 1. The fourth-order valence-electron chi connectivity index (χ4n) is 1.43. The third kappa shape index (κ3) is 3.27. The Labute approximate surface area is 93.4 Å². The number of nitro benzene ring substituents is 1. The van der Waals surface area contributed by atoms with Crippen LogP contribution in [0, 0.1) is 15.9 Å². The number of hydrogen-bond acceptors (Lipinski definition) is 3. The molecule has 0 spiro atoms. The lowest BCUT2D eigenvalue weighted by Gasteiger charge is -2.22. The molecule has 0 bridgehead atoms. The summed E-state index contributed by atoms with van der Waals surface area (Å²) >= 11 is 0. The Bertz CT molecular complexity index is 405. The minimum absolute atomic E-state index is 0.234. The lowest BCUT2D eigenvalue weighted by Crippen LogP contribution is -2.37. The van der Waals surface area contributed by atoms with Gasteiger partial charge in [-0.25, -0.2) is 4.39 Å². The smallest absolute Gasteiger partial charge is 0.272 e. The monoisotopic (exact) mass is 226 g/mol. The van der Waals surface area contributed by atoms with Gasteiger partial charge in [0.05, 0.1) is 11.0 Å². The Balaban J connectivity index is 3.01. The first-order valence-electron chi connectivity index (χ1n) is 5.07. The van der Waals surface area contributed by atoms with Crippen LogP contribution in [0.2, 0.25) is 0 Å². The summed E-state index contributed by atoms with van der Waals surface area (Å²) in [5, 5.41) is 10.5. The summed E-state index contributed by atoms with van der Waals surface area (Å²) in [4.78, 5) is 9.94. The van der Waals surface area contributed by atoms with E-state index in [1.165, 1.54) is 12.1 Å². The average Bonchev–Trinajstić information content (AvgIpc) is 2.16. The van der Waals surface area contributed by atoms with Crippen molar-refractivity contribution in [3.8, 4) is 0 Å². The van der Waals surface area contributed by atoms with Gasteiger partial charge in [-0.3, -0.25) is 10.1 Å². The second-order valence-corrected chi connectivity index (χ2v) is 4.26. The van der Waals surface area contributed by atoms with Crippen molar-refractivity contribution < 1.29 is 9.31 Å². The highest BCUT2D eigenvalue weighted by Crippen LogP contribution is 2.20. The van der Waals surface area contributed by atoms with Gasteiger partial charge in [0.15, 0.2) is 0 Å². The van der Waals surface area contributed by atoms with Crippen LogP contribution in [0.4, 0.5) is 10.1 Å². The predicted molar refractivity (Wildman–Crippen MR) is 59.6 cm³/mol. The number of nitrogens with two attached hydrogens (primary N) is 1. The lowest BCUT2D eigenvalue weighted by molar-refractivity contribution is -0.385. The van der Waals surface area contributed by atoms with E-state index in [4.69, 9.17) is 5.73 Å². The molecule has 2 N–H and O–H groups in total. The maximum Gasteiger partial charge on any atom is 0.272 e. The van der Waals surface area contributed by atoms with E-state index in [2.05, 4.69) is 0 Å². The largest absolute Gasteiger partial charge is 0.325 e. The SMILES string of the molecule is CCC(C)(N)Cc1cc(F)cc([N+](=O)[O-])c1. The Morgan fingerprint density at radius 2 is 2.12 bits per heavy atom. The maximum atomic E-state index is 13.1. The number of non-ortho nitro benzene ring substituents is 1. The van der Waals surface area contributed by atoms with E-state index in [-0.39, 0.29) is 5.69 Å². The molecule has 88 valence electrons. The first-order valence-corrected chi connectivity index (χ1v) is 5.07. The first-order chi connectivity index (χ1) is 7.34. The van der Waals surface area contributed by atoms with Crippen molar-refractivity contribution >= 4 is 5.69 Å². The molecule has 4 nitrogen and oxygen atoms in total. The van der Waals surface area contributed by atoms with Crippen molar-refractivity contribution in [2.75, 3.05) is 0 Å².